The Morgan fingerprint density at radius 2 is 1.71 bits per heavy atom. The van der Waals surface area contributed by atoms with E-state index in [9.17, 15) is 14.7 Å². The van der Waals surface area contributed by atoms with Crippen LogP contribution in [0, 0.1) is 0 Å². The van der Waals surface area contributed by atoms with Gasteiger partial charge in [0.15, 0.2) is 0 Å². The highest BCUT2D eigenvalue weighted by Gasteiger charge is 2.15. The highest BCUT2D eigenvalue weighted by molar-refractivity contribution is 5.76. The lowest BCUT2D eigenvalue weighted by Gasteiger charge is -2.26. The van der Waals surface area contributed by atoms with Crippen LogP contribution in [-0.4, -0.2) is 36.4 Å². The number of nitrogens with zero attached hydrogens (tertiary/aromatic N) is 1. The number of aliphatic carboxylic acids is 1. The molecule has 1 aromatic carbocycles. The van der Waals surface area contributed by atoms with Gasteiger partial charge in [0.25, 0.3) is 0 Å². The summed E-state index contributed by atoms with van der Waals surface area (Å²) in [6.45, 7) is 2.67. The fraction of sp³-hybridized carbons (Fsp3) is 0.500. The zero-order valence-corrected chi connectivity index (χ0v) is 12.4. The molecule has 5 nitrogen and oxygen atoms in total. The van der Waals surface area contributed by atoms with Gasteiger partial charge in [0.2, 0.25) is 5.91 Å². The minimum atomic E-state index is -1.04. The summed E-state index contributed by atoms with van der Waals surface area (Å²) in [4.78, 5) is 23.3. The van der Waals surface area contributed by atoms with E-state index in [1.165, 1.54) is 19.3 Å². The predicted molar refractivity (Wildman–Crippen MR) is 78.0 cm³/mol. The van der Waals surface area contributed by atoms with Crippen molar-refractivity contribution < 1.29 is 20.4 Å². The highest BCUT2D eigenvalue weighted by Crippen LogP contribution is 2.09. The molecule has 0 bridgehead atoms. The Bertz CT molecular complexity index is 428. The average molecular weight is 292 g/mol. The molecule has 3 N–H and O–H groups in total. The molecular weight excluding hydrogens is 268 g/mol. The molecular formula is C16H24N2O3. The number of piperidine rings is 1. The number of carbonyl (C=O) groups is 2. The van der Waals surface area contributed by atoms with E-state index in [2.05, 4.69) is 5.73 Å². The SMILES string of the molecule is O=C([O-])Cc1ccccc1.[NH3+]CCC(=O)N1CCCCC1. The lowest BCUT2D eigenvalue weighted by Crippen LogP contribution is -2.52. The standard InChI is InChI=1S/C8H16N2O.C8H8O2/c9-5-4-8(11)10-6-2-1-3-7-10;9-8(10)6-7-4-2-1-3-5-7/h1-7,9H2;1-5H,6H2,(H,9,10). The normalized spacial score (nSPS) is 14.0. The van der Waals surface area contributed by atoms with Crippen molar-refractivity contribution in [1.82, 2.24) is 4.90 Å². The van der Waals surface area contributed by atoms with E-state index in [0.717, 1.165) is 25.2 Å². The Morgan fingerprint density at radius 3 is 2.24 bits per heavy atom. The van der Waals surface area contributed by atoms with Gasteiger partial charge in [-0.3, -0.25) is 4.79 Å². The monoisotopic (exact) mass is 292 g/mol. The van der Waals surface area contributed by atoms with Gasteiger partial charge >= 0.3 is 0 Å². The van der Waals surface area contributed by atoms with Crippen LogP contribution in [0.1, 0.15) is 31.2 Å². The van der Waals surface area contributed by atoms with Crippen molar-refractivity contribution in [3.05, 3.63) is 35.9 Å². The lowest BCUT2D eigenvalue weighted by atomic mass is 10.1. The molecule has 1 saturated heterocycles. The van der Waals surface area contributed by atoms with Crippen LogP contribution in [0.3, 0.4) is 0 Å². The van der Waals surface area contributed by atoms with Gasteiger partial charge in [0, 0.05) is 25.5 Å². The molecule has 1 aromatic rings. The van der Waals surface area contributed by atoms with E-state index in [1.54, 1.807) is 24.3 Å². The van der Waals surface area contributed by atoms with Crippen LogP contribution in [0.15, 0.2) is 30.3 Å². The van der Waals surface area contributed by atoms with E-state index in [0.29, 0.717) is 12.3 Å². The maximum atomic E-state index is 11.3. The van der Waals surface area contributed by atoms with Crippen molar-refractivity contribution in [1.29, 1.82) is 0 Å². The second-order valence-electron chi connectivity index (χ2n) is 5.08. The Balaban J connectivity index is 0.000000211. The van der Waals surface area contributed by atoms with E-state index in [1.807, 2.05) is 11.0 Å². The first-order valence-corrected chi connectivity index (χ1v) is 7.44. The van der Waals surface area contributed by atoms with Crippen LogP contribution < -0.4 is 10.8 Å². The van der Waals surface area contributed by atoms with E-state index >= 15 is 0 Å². The average Bonchev–Trinajstić information content (AvgIpc) is 2.49. The van der Waals surface area contributed by atoms with Crippen LogP contribution in [0.5, 0.6) is 0 Å². The van der Waals surface area contributed by atoms with Gasteiger partial charge in [-0.1, -0.05) is 30.3 Å². The molecule has 0 radical (unpaired) electrons. The van der Waals surface area contributed by atoms with Gasteiger partial charge < -0.3 is 20.5 Å². The zero-order valence-electron chi connectivity index (χ0n) is 12.4. The maximum absolute atomic E-state index is 11.3. The number of carboxylic acid groups (broad SMARTS) is 1. The maximum Gasteiger partial charge on any atom is 0.228 e. The third-order valence-corrected chi connectivity index (χ3v) is 3.29. The number of hydrogen-bond donors (Lipinski definition) is 1. The molecule has 0 aromatic heterocycles. The van der Waals surface area contributed by atoms with Crippen molar-refractivity contribution in [3.63, 3.8) is 0 Å². The molecule has 1 fully saturated rings. The Morgan fingerprint density at radius 1 is 1.10 bits per heavy atom. The van der Waals surface area contributed by atoms with Gasteiger partial charge in [0.1, 0.15) is 0 Å². The number of rotatable bonds is 4. The molecule has 1 aliphatic rings. The van der Waals surface area contributed by atoms with E-state index in [-0.39, 0.29) is 6.42 Å². The summed E-state index contributed by atoms with van der Waals surface area (Å²) < 4.78 is 0. The molecule has 1 heterocycles. The second-order valence-corrected chi connectivity index (χ2v) is 5.08. The number of carboxylic acids is 1. The molecule has 1 amide bonds. The quantitative estimate of drug-likeness (QED) is 0.819. The molecule has 0 aliphatic carbocycles. The number of carbonyl (C=O) groups excluding carboxylic acids is 2. The molecule has 2 rings (SSSR count). The van der Waals surface area contributed by atoms with Crippen LogP contribution in [0.25, 0.3) is 0 Å². The fourth-order valence-corrected chi connectivity index (χ4v) is 2.22. The Labute approximate surface area is 125 Å². The molecule has 21 heavy (non-hydrogen) atoms. The number of quaternary nitrogens is 1. The summed E-state index contributed by atoms with van der Waals surface area (Å²) in [6, 6.07) is 8.97. The predicted octanol–water partition coefficient (Wildman–Crippen LogP) is -0.390. The summed E-state index contributed by atoms with van der Waals surface area (Å²) in [5, 5.41) is 10.1. The van der Waals surface area contributed by atoms with Crippen LogP contribution in [0.4, 0.5) is 0 Å². The van der Waals surface area contributed by atoms with E-state index < -0.39 is 5.97 Å². The van der Waals surface area contributed by atoms with Gasteiger partial charge in [-0.25, -0.2) is 0 Å². The van der Waals surface area contributed by atoms with Crippen molar-refractivity contribution in [2.75, 3.05) is 19.6 Å². The third kappa shape index (κ3) is 7.46. The first kappa shape index (κ1) is 17.2. The van der Waals surface area contributed by atoms with Crippen LogP contribution >= 0.6 is 0 Å². The van der Waals surface area contributed by atoms with Crippen molar-refractivity contribution in [2.24, 2.45) is 0 Å². The topological polar surface area (TPSA) is 88.1 Å². The molecule has 0 spiro atoms. The first-order chi connectivity index (χ1) is 10.1. The van der Waals surface area contributed by atoms with Crippen LogP contribution in [-0.2, 0) is 16.0 Å². The molecule has 0 unspecified atom stereocenters. The minimum Gasteiger partial charge on any atom is -0.550 e. The molecule has 0 saturated carbocycles. The summed E-state index contributed by atoms with van der Waals surface area (Å²) in [5.74, 6) is -0.745. The van der Waals surface area contributed by atoms with Crippen molar-refractivity contribution in [2.45, 2.75) is 32.1 Å². The van der Waals surface area contributed by atoms with Gasteiger partial charge in [0.05, 0.1) is 13.0 Å². The Kier molecular flexibility index (Phi) is 8.12. The number of likely N-dealkylation sites (tertiary alicyclic amines) is 1. The van der Waals surface area contributed by atoms with Gasteiger partial charge in [-0.05, 0) is 24.8 Å². The van der Waals surface area contributed by atoms with Crippen molar-refractivity contribution >= 4 is 11.9 Å². The summed E-state index contributed by atoms with van der Waals surface area (Å²) in [6.07, 6.45) is 4.28. The number of amides is 1. The molecule has 5 heteroatoms. The third-order valence-electron chi connectivity index (χ3n) is 3.29. The summed E-state index contributed by atoms with van der Waals surface area (Å²) in [5.41, 5.74) is 4.45. The first-order valence-electron chi connectivity index (χ1n) is 7.44. The Hall–Kier alpha value is -1.88. The largest absolute Gasteiger partial charge is 0.550 e. The number of hydrogen-bond acceptors (Lipinski definition) is 3. The second kappa shape index (κ2) is 9.94. The molecule has 116 valence electrons. The van der Waals surface area contributed by atoms with Crippen molar-refractivity contribution in [3.8, 4) is 0 Å². The van der Waals surface area contributed by atoms with Gasteiger partial charge in [-0.15, -0.1) is 0 Å². The summed E-state index contributed by atoms with van der Waals surface area (Å²) in [7, 11) is 0. The molecule has 0 atom stereocenters. The fourth-order valence-electron chi connectivity index (χ4n) is 2.22. The highest BCUT2D eigenvalue weighted by atomic mass is 16.4. The summed E-state index contributed by atoms with van der Waals surface area (Å²) >= 11 is 0. The van der Waals surface area contributed by atoms with Gasteiger partial charge in [-0.2, -0.15) is 0 Å². The van der Waals surface area contributed by atoms with E-state index in [4.69, 9.17) is 0 Å². The molecule has 1 aliphatic heterocycles. The zero-order chi connectivity index (χ0) is 15.5. The number of benzene rings is 1. The minimum absolute atomic E-state index is 0.000833. The smallest absolute Gasteiger partial charge is 0.228 e. The van der Waals surface area contributed by atoms with Crippen LogP contribution in [0.2, 0.25) is 0 Å². The lowest BCUT2D eigenvalue weighted by molar-refractivity contribution is -0.366.